The van der Waals surface area contributed by atoms with Crippen LogP contribution in [0.15, 0.2) is 60.7 Å². The van der Waals surface area contributed by atoms with E-state index in [1.165, 1.54) is 13.2 Å². The zero-order chi connectivity index (χ0) is 17.8. The molecule has 0 aliphatic carbocycles. The molecule has 0 fully saturated rings. The third kappa shape index (κ3) is 3.30. The lowest BCUT2D eigenvalue weighted by Gasteiger charge is -2.09. The zero-order valence-electron chi connectivity index (χ0n) is 13.6. The first-order valence-corrected chi connectivity index (χ1v) is 7.66. The summed E-state index contributed by atoms with van der Waals surface area (Å²) >= 11 is 0. The summed E-state index contributed by atoms with van der Waals surface area (Å²) in [5, 5.41) is 11.6. The van der Waals surface area contributed by atoms with Gasteiger partial charge in [0.15, 0.2) is 6.61 Å². The number of carbonyl (C=O) groups excluding carboxylic acids is 2. The number of carbonyl (C=O) groups is 2. The number of para-hydroxylation sites is 1. The molecule has 0 bridgehead atoms. The highest BCUT2D eigenvalue weighted by Gasteiger charge is 2.18. The summed E-state index contributed by atoms with van der Waals surface area (Å²) in [6.45, 7) is -0.439. The minimum absolute atomic E-state index is 0.0199. The third-order valence-electron chi connectivity index (χ3n) is 3.86. The van der Waals surface area contributed by atoms with Crippen molar-refractivity contribution in [3.63, 3.8) is 0 Å². The van der Waals surface area contributed by atoms with Gasteiger partial charge in [0, 0.05) is 5.39 Å². The minimum atomic E-state index is -0.758. The number of rotatable bonds is 5. The molecule has 0 aliphatic heterocycles. The lowest BCUT2D eigenvalue weighted by molar-refractivity contribution is 0.0471. The molecule has 0 heterocycles. The van der Waals surface area contributed by atoms with Crippen LogP contribution < -0.4 is 4.74 Å². The summed E-state index contributed by atoms with van der Waals surface area (Å²) in [5.74, 6) is -0.887. The first-order valence-electron chi connectivity index (χ1n) is 7.66. The van der Waals surface area contributed by atoms with E-state index in [4.69, 9.17) is 9.47 Å². The number of hydrogen-bond donors (Lipinski definition) is 1. The van der Waals surface area contributed by atoms with Gasteiger partial charge in [-0.05, 0) is 23.6 Å². The normalized spacial score (nSPS) is 10.4. The number of hydrogen-bond acceptors (Lipinski definition) is 5. The van der Waals surface area contributed by atoms with E-state index in [1.807, 2.05) is 12.1 Å². The van der Waals surface area contributed by atoms with E-state index in [0.29, 0.717) is 16.7 Å². The van der Waals surface area contributed by atoms with E-state index in [9.17, 15) is 14.7 Å². The standard InChI is InChI=1S/C20H16O5/c1-24-18-9-5-4-8-15(18)17(21)12-25-20(23)16-11-10-13-6-2-3-7-14(13)19(16)22/h2-11,22H,12H2,1H3. The maximum atomic E-state index is 12.2. The molecule has 5 heteroatoms. The van der Waals surface area contributed by atoms with Crippen LogP contribution in [0, 0.1) is 0 Å². The number of fused-ring (bicyclic) bond motifs is 1. The molecule has 0 unspecified atom stereocenters. The fraction of sp³-hybridized carbons (Fsp3) is 0.100. The topological polar surface area (TPSA) is 72.8 Å². The Kier molecular flexibility index (Phi) is 4.66. The summed E-state index contributed by atoms with van der Waals surface area (Å²) in [5.41, 5.74) is 0.354. The van der Waals surface area contributed by atoms with Crippen molar-refractivity contribution in [2.75, 3.05) is 13.7 Å². The molecule has 0 radical (unpaired) electrons. The molecule has 25 heavy (non-hydrogen) atoms. The molecule has 0 spiro atoms. The van der Waals surface area contributed by atoms with Gasteiger partial charge in [-0.1, -0.05) is 42.5 Å². The Morgan fingerprint density at radius 2 is 1.64 bits per heavy atom. The van der Waals surface area contributed by atoms with Gasteiger partial charge in [0.2, 0.25) is 5.78 Å². The molecule has 0 amide bonds. The van der Waals surface area contributed by atoms with Gasteiger partial charge in [-0.2, -0.15) is 0 Å². The number of phenolic OH excluding ortho intramolecular Hbond substituents is 1. The molecule has 5 nitrogen and oxygen atoms in total. The average molecular weight is 336 g/mol. The van der Waals surface area contributed by atoms with Crippen molar-refractivity contribution < 1.29 is 24.2 Å². The third-order valence-corrected chi connectivity index (χ3v) is 3.86. The quantitative estimate of drug-likeness (QED) is 0.569. The molecule has 0 atom stereocenters. The Bertz CT molecular complexity index is 946. The van der Waals surface area contributed by atoms with Gasteiger partial charge in [0.1, 0.15) is 17.1 Å². The molecule has 126 valence electrons. The number of ether oxygens (including phenoxy) is 2. The van der Waals surface area contributed by atoms with Crippen LogP contribution in [0.4, 0.5) is 0 Å². The van der Waals surface area contributed by atoms with Gasteiger partial charge >= 0.3 is 5.97 Å². The molecule has 0 aromatic heterocycles. The Hall–Kier alpha value is -3.34. The average Bonchev–Trinajstić information content (AvgIpc) is 2.66. The maximum Gasteiger partial charge on any atom is 0.342 e. The molecule has 0 saturated carbocycles. The second-order valence-corrected chi connectivity index (χ2v) is 5.38. The summed E-state index contributed by atoms with van der Waals surface area (Å²) in [4.78, 5) is 24.5. The minimum Gasteiger partial charge on any atom is -0.506 e. The molecule has 3 aromatic carbocycles. The fourth-order valence-electron chi connectivity index (χ4n) is 2.58. The Labute approximate surface area is 144 Å². The van der Waals surface area contributed by atoms with Crippen LogP contribution >= 0.6 is 0 Å². The number of methoxy groups -OCH3 is 1. The monoisotopic (exact) mass is 336 g/mol. The molecule has 1 N–H and O–H groups in total. The van der Waals surface area contributed by atoms with E-state index >= 15 is 0 Å². The number of phenols is 1. The molecular weight excluding hydrogens is 320 g/mol. The molecular formula is C20H16O5. The van der Waals surface area contributed by atoms with Crippen molar-refractivity contribution in [2.24, 2.45) is 0 Å². The van der Waals surface area contributed by atoms with Crippen molar-refractivity contribution in [2.45, 2.75) is 0 Å². The molecule has 0 saturated heterocycles. The fourth-order valence-corrected chi connectivity index (χ4v) is 2.58. The van der Waals surface area contributed by atoms with Crippen molar-refractivity contribution >= 4 is 22.5 Å². The number of benzene rings is 3. The van der Waals surface area contributed by atoms with Crippen LogP contribution in [0.3, 0.4) is 0 Å². The highest BCUT2D eigenvalue weighted by atomic mass is 16.5. The molecule has 0 aliphatic rings. The van der Waals surface area contributed by atoms with Crippen LogP contribution in [0.25, 0.3) is 10.8 Å². The second-order valence-electron chi connectivity index (χ2n) is 5.38. The summed E-state index contributed by atoms with van der Waals surface area (Å²) in [6.07, 6.45) is 0. The Morgan fingerprint density at radius 3 is 2.44 bits per heavy atom. The summed E-state index contributed by atoms with van der Waals surface area (Å²) < 4.78 is 10.2. The van der Waals surface area contributed by atoms with Crippen molar-refractivity contribution in [1.29, 1.82) is 0 Å². The zero-order valence-corrected chi connectivity index (χ0v) is 13.6. The lowest BCUT2D eigenvalue weighted by atomic mass is 10.1. The lowest BCUT2D eigenvalue weighted by Crippen LogP contribution is -2.15. The van der Waals surface area contributed by atoms with E-state index in [2.05, 4.69) is 0 Å². The van der Waals surface area contributed by atoms with Crippen LogP contribution in [-0.2, 0) is 4.74 Å². The van der Waals surface area contributed by atoms with E-state index in [1.54, 1.807) is 42.5 Å². The molecule has 3 aromatic rings. The smallest absolute Gasteiger partial charge is 0.342 e. The molecule has 3 rings (SSSR count). The second kappa shape index (κ2) is 7.05. The van der Waals surface area contributed by atoms with Gasteiger partial charge < -0.3 is 14.6 Å². The number of aromatic hydroxyl groups is 1. The van der Waals surface area contributed by atoms with Crippen LogP contribution in [0.5, 0.6) is 11.5 Å². The van der Waals surface area contributed by atoms with Crippen LogP contribution in [0.2, 0.25) is 0 Å². The van der Waals surface area contributed by atoms with Crippen molar-refractivity contribution in [3.05, 3.63) is 71.8 Å². The predicted molar refractivity (Wildman–Crippen MR) is 93.2 cm³/mol. The number of Topliss-reactive ketones (excluding diaryl/α,β-unsaturated/α-hetero) is 1. The summed E-state index contributed by atoms with van der Waals surface area (Å²) in [7, 11) is 1.46. The van der Waals surface area contributed by atoms with Gasteiger partial charge in [-0.15, -0.1) is 0 Å². The van der Waals surface area contributed by atoms with Crippen LogP contribution in [0.1, 0.15) is 20.7 Å². The maximum absolute atomic E-state index is 12.2. The van der Waals surface area contributed by atoms with Gasteiger partial charge in [-0.3, -0.25) is 4.79 Å². The van der Waals surface area contributed by atoms with Crippen molar-refractivity contribution in [3.8, 4) is 11.5 Å². The highest BCUT2D eigenvalue weighted by molar-refractivity contribution is 6.04. The van der Waals surface area contributed by atoms with Gasteiger partial charge in [-0.25, -0.2) is 4.79 Å². The van der Waals surface area contributed by atoms with E-state index < -0.39 is 12.6 Å². The Balaban J connectivity index is 1.77. The first-order chi connectivity index (χ1) is 12.1. The van der Waals surface area contributed by atoms with Gasteiger partial charge in [0.05, 0.1) is 12.7 Å². The summed E-state index contributed by atoms with van der Waals surface area (Å²) in [6, 6.07) is 17.0. The van der Waals surface area contributed by atoms with E-state index in [0.717, 1.165) is 5.39 Å². The van der Waals surface area contributed by atoms with Crippen LogP contribution in [-0.4, -0.2) is 30.6 Å². The highest BCUT2D eigenvalue weighted by Crippen LogP contribution is 2.29. The van der Waals surface area contributed by atoms with Gasteiger partial charge in [0.25, 0.3) is 0 Å². The van der Waals surface area contributed by atoms with Crippen molar-refractivity contribution in [1.82, 2.24) is 0 Å². The Morgan fingerprint density at radius 1 is 0.920 bits per heavy atom. The van der Waals surface area contributed by atoms with E-state index in [-0.39, 0.29) is 17.1 Å². The number of ketones is 1. The SMILES string of the molecule is COc1ccccc1C(=O)COC(=O)c1ccc2ccccc2c1O. The number of esters is 1. The predicted octanol–water partition coefficient (Wildman–Crippen LogP) is 3.59. The first kappa shape index (κ1) is 16.5. The largest absolute Gasteiger partial charge is 0.506 e.